The highest BCUT2D eigenvalue weighted by molar-refractivity contribution is 7.89. The zero-order valence-corrected chi connectivity index (χ0v) is 12.0. The summed E-state index contributed by atoms with van der Waals surface area (Å²) in [5, 5.41) is 3.15. The summed E-state index contributed by atoms with van der Waals surface area (Å²) in [6.45, 7) is 3.87. The van der Waals surface area contributed by atoms with Crippen molar-refractivity contribution in [2.75, 3.05) is 18.8 Å². The van der Waals surface area contributed by atoms with Crippen LogP contribution in [0.2, 0.25) is 0 Å². The van der Waals surface area contributed by atoms with Gasteiger partial charge in [0.25, 0.3) is 0 Å². The van der Waals surface area contributed by atoms with Crippen LogP contribution in [0.5, 0.6) is 0 Å². The Balaban J connectivity index is 2.28. The summed E-state index contributed by atoms with van der Waals surface area (Å²) in [5.41, 5.74) is 0.745. The molecule has 0 heterocycles. The second-order valence-electron chi connectivity index (χ2n) is 4.37. The maximum Gasteiger partial charge on any atom is 0.211 e. The van der Waals surface area contributed by atoms with Crippen molar-refractivity contribution >= 4 is 10.0 Å². The Morgan fingerprint density at radius 1 is 1.16 bits per heavy atom. The molecule has 1 aromatic carbocycles. The van der Waals surface area contributed by atoms with Crippen LogP contribution in [0, 0.1) is 5.82 Å². The lowest BCUT2D eigenvalue weighted by molar-refractivity contribution is 0.574. The molecule has 0 aliphatic carbocycles. The minimum Gasteiger partial charge on any atom is -0.317 e. The third kappa shape index (κ3) is 7.25. The fraction of sp³-hybridized carbons (Fsp3) is 0.538. The predicted molar refractivity (Wildman–Crippen MR) is 74.8 cm³/mol. The van der Waals surface area contributed by atoms with E-state index in [-0.39, 0.29) is 18.1 Å². The molecule has 19 heavy (non-hydrogen) atoms. The third-order valence-corrected chi connectivity index (χ3v) is 4.01. The van der Waals surface area contributed by atoms with Crippen LogP contribution >= 0.6 is 0 Å². The molecule has 0 aliphatic rings. The second kappa shape index (κ2) is 8.24. The molecule has 0 bridgehead atoms. The minimum atomic E-state index is -3.26. The molecule has 0 saturated carbocycles. The Labute approximate surface area is 114 Å². The van der Waals surface area contributed by atoms with Gasteiger partial charge < -0.3 is 5.32 Å². The zero-order chi connectivity index (χ0) is 14.1. The van der Waals surface area contributed by atoms with E-state index >= 15 is 0 Å². The molecule has 108 valence electrons. The topological polar surface area (TPSA) is 58.2 Å². The van der Waals surface area contributed by atoms with Gasteiger partial charge in [0.15, 0.2) is 0 Å². The SMILES string of the molecule is CCCNCCCS(=O)(=O)NCc1ccc(F)cc1. The Morgan fingerprint density at radius 2 is 1.84 bits per heavy atom. The van der Waals surface area contributed by atoms with Crippen molar-refractivity contribution in [3.05, 3.63) is 35.6 Å². The highest BCUT2D eigenvalue weighted by atomic mass is 32.2. The number of sulfonamides is 1. The van der Waals surface area contributed by atoms with Crippen LogP contribution in [0.4, 0.5) is 4.39 Å². The minimum absolute atomic E-state index is 0.102. The van der Waals surface area contributed by atoms with E-state index in [0.717, 1.165) is 18.5 Å². The van der Waals surface area contributed by atoms with E-state index in [2.05, 4.69) is 17.0 Å². The summed E-state index contributed by atoms with van der Waals surface area (Å²) in [7, 11) is -3.26. The van der Waals surface area contributed by atoms with Gasteiger partial charge in [-0.3, -0.25) is 0 Å². The van der Waals surface area contributed by atoms with E-state index < -0.39 is 10.0 Å². The molecule has 0 atom stereocenters. The number of nitrogens with one attached hydrogen (secondary N) is 2. The first kappa shape index (κ1) is 16.1. The molecular weight excluding hydrogens is 267 g/mol. The lowest BCUT2D eigenvalue weighted by atomic mass is 10.2. The van der Waals surface area contributed by atoms with Gasteiger partial charge in [-0.1, -0.05) is 19.1 Å². The van der Waals surface area contributed by atoms with Crippen molar-refractivity contribution in [2.24, 2.45) is 0 Å². The standard InChI is InChI=1S/C13H21FN2O2S/c1-2-8-15-9-3-10-19(17,18)16-11-12-4-6-13(14)7-5-12/h4-7,15-16H,2-3,8-11H2,1H3. The Bertz CT molecular complexity index is 460. The summed E-state index contributed by atoms with van der Waals surface area (Å²) in [5.74, 6) is -0.223. The maximum absolute atomic E-state index is 12.7. The van der Waals surface area contributed by atoms with E-state index in [9.17, 15) is 12.8 Å². The summed E-state index contributed by atoms with van der Waals surface area (Å²) in [6.07, 6.45) is 1.62. The summed E-state index contributed by atoms with van der Waals surface area (Å²) < 4.78 is 38.6. The smallest absolute Gasteiger partial charge is 0.211 e. The fourth-order valence-corrected chi connectivity index (χ4v) is 2.61. The Hall–Kier alpha value is -0.980. The van der Waals surface area contributed by atoms with Gasteiger partial charge in [-0.25, -0.2) is 17.5 Å². The van der Waals surface area contributed by atoms with Gasteiger partial charge in [-0.15, -0.1) is 0 Å². The highest BCUT2D eigenvalue weighted by Gasteiger charge is 2.09. The van der Waals surface area contributed by atoms with Crippen LogP contribution in [-0.4, -0.2) is 27.3 Å². The molecule has 1 rings (SSSR count). The molecule has 0 amide bonds. The fourth-order valence-electron chi connectivity index (χ4n) is 1.56. The number of hydrogen-bond donors (Lipinski definition) is 2. The van der Waals surface area contributed by atoms with Crippen molar-refractivity contribution in [2.45, 2.75) is 26.3 Å². The molecule has 6 heteroatoms. The monoisotopic (exact) mass is 288 g/mol. The molecule has 0 radical (unpaired) electrons. The normalized spacial score (nSPS) is 11.7. The molecule has 4 nitrogen and oxygen atoms in total. The quantitative estimate of drug-likeness (QED) is 0.679. The van der Waals surface area contributed by atoms with Crippen molar-refractivity contribution in [1.29, 1.82) is 0 Å². The van der Waals surface area contributed by atoms with E-state index in [0.29, 0.717) is 13.0 Å². The van der Waals surface area contributed by atoms with Gasteiger partial charge in [0.05, 0.1) is 5.75 Å². The largest absolute Gasteiger partial charge is 0.317 e. The van der Waals surface area contributed by atoms with Crippen molar-refractivity contribution in [3.63, 3.8) is 0 Å². The lowest BCUT2D eigenvalue weighted by Gasteiger charge is -2.07. The molecule has 0 saturated heterocycles. The molecule has 0 aromatic heterocycles. The first-order valence-electron chi connectivity index (χ1n) is 6.46. The molecule has 1 aromatic rings. The lowest BCUT2D eigenvalue weighted by Crippen LogP contribution is -2.28. The predicted octanol–water partition coefficient (Wildman–Crippen LogP) is 1.63. The summed E-state index contributed by atoms with van der Waals surface area (Å²) in [6, 6.07) is 5.78. The van der Waals surface area contributed by atoms with Gasteiger partial charge in [0.2, 0.25) is 10.0 Å². The van der Waals surface area contributed by atoms with Crippen LogP contribution in [0.15, 0.2) is 24.3 Å². The molecule has 0 spiro atoms. The number of hydrogen-bond acceptors (Lipinski definition) is 3. The molecule has 0 unspecified atom stereocenters. The van der Waals surface area contributed by atoms with Crippen LogP contribution in [-0.2, 0) is 16.6 Å². The number of benzene rings is 1. The van der Waals surface area contributed by atoms with Gasteiger partial charge in [-0.05, 0) is 43.6 Å². The second-order valence-corrected chi connectivity index (χ2v) is 6.30. The van der Waals surface area contributed by atoms with Crippen molar-refractivity contribution in [1.82, 2.24) is 10.0 Å². The Kier molecular flexibility index (Phi) is 6.97. The van der Waals surface area contributed by atoms with E-state index in [1.165, 1.54) is 12.1 Å². The van der Waals surface area contributed by atoms with Gasteiger partial charge in [0, 0.05) is 6.54 Å². The molecule has 2 N–H and O–H groups in total. The first-order chi connectivity index (χ1) is 9.03. The van der Waals surface area contributed by atoms with Crippen molar-refractivity contribution in [3.8, 4) is 0 Å². The maximum atomic E-state index is 12.7. The van der Waals surface area contributed by atoms with Crippen LogP contribution in [0.25, 0.3) is 0 Å². The zero-order valence-electron chi connectivity index (χ0n) is 11.2. The van der Waals surface area contributed by atoms with E-state index in [1.54, 1.807) is 12.1 Å². The van der Waals surface area contributed by atoms with Crippen molar-refractivity contribution < 1.29 is 12.8 Å². The molecule has 0 aliphatic heterocycles. The van der Waals surface area contributed by atoms with Crippen LogP contribution in [0.3, 0.4) is 0 Å². The molecule has 0 fully saturated rings. The average molecular weight is 288 g/mol. The third-order valence-electron chi connectivity index (χ3n) is 2.60. The summed E-state index contributed by atoms with van der Waals surface area (Å²) >= 11 is 0. The van der Waals surface area contributed by atoms with E-state index in [4.69, 9.17) is 0 Å². The molecular formula is C13H21FN2O2S. The first-order valence-corrected chi connectivity index (χ1v) is 8.11. The van der Waals surface area contributed by atoms with Gasteiger partial charge in [-0.2, -0.15) is 0 Å². The highest BCUT2D eigenvalue weighted by Crippen LogP contribution is 2.03. The van der Waals surface area contributed by atoms with Crippen LogP contribution < -0.4 is 10.0 Å². The Morgan fingerprint density at radius 3 is 2.47 bits per heavy atom. The van der Waals surface area contributed by atoms with Gasteiger partial charge in [0.1, 0.15) is 5.82 Å². The van der Waals surface area contributed by atoms with Crippen LogP contribution in [0.1, 0.15) is 25.3 Å². The van der Waals surface area contributed by atoms with Gasteiger partial charge >= 0.3 is 0 Å². The average Bonchev–Trinajstić information content (AvgIpc) is 2.38. The van der Waals surface area contributed by atoms with E-state index in [1.807, 2.05) is 0 Å². The summed E-state index contributed by atoms with van der Waals surface area (Å²) in [4.78, 5) is 0. The number of halogens is 1. The number of rotatable bonds is 9.